The van der Waals surface area contributed by atoms with Gasteiger partial charge in [-0.15, -0.1) is 0 Å². The van der Waals surface area contributed by atoms with Gasteiger partial charge >= 0.3 is 6.09 Å². The molecule has 1 amide bonds. The van der Waals surface area contributed by atoms with E-state index in [0.717, 1.165) is 45.5 Å². The highest BCUT2D eigenvalue weighted by molar-refractivity contribution is 5.68. The van der Waals surface area contributed by atoms with Crippen LogP contribution < -0.4 is 5.32 Å². The van der Waals surface area contributed by atoms with Crippen molar-refractivity contribution in [1.82, 2.24) is 10.2 Å². The molecule has 1 N–H and O–H groups in total. The number of piperidine rings is 1. The van der Waals surface area contributed by atoms with Crippen LogP contribution in [0, 0.1) is 0 Å². The lowest BCUT2D eigenvalue weighted by Crippen LogP contribution is -2.49. The van der Waals surface area contributed by atoms with E-state index in [2.05, 4.69) is 5.32 Å². The molecule has 1 aliphatic carbocycles. The molecule has 0 radical (unpaired) electrons. The van der Waals surface area contributed by atoms with Crippen LogP contribution in [0.3, 0.4) is 0 Å². The van der Waals surface area contributed by atoms with Crippen molar-refractivity contribution in [3.8, 4) is 0 Å². The van der Waals surface area contributed by atoms with Gasteiger partial charge in [-0.05, 0) is 59.4 Å². The largest absolute Gasteiger partial charge is 0.444 e. The minimum atomic E-state index is -0.423. The highest BCUT2D eigenvalue weighted by Crippen LogP contribution is 2.20. The van der Waals surface area contributed by atoms with Crippen LogP contribution in [0.5, 0.6) is 0 Å². The highest BCUT2D eigenvalue weighted by atomic mass is 16.6. The molecular formula is C19H36N2O3. The van der Waals surface area contributed by atoms with Crippen molar-refractivity contribution in [3.63, 3.8) is 0 Å². The van der Waals surface area contributed by atoms with Gasteiger partial charge in [-0.1, -0.05) is 19.3 Å². The molecule has 0 aromatic heterocycles. The maximum atomic E-state index is 12.2. The number of rotatable bonds is 6. The van der Waals surface area contributed by atoms with Crippen LogP contribution in [0.2, 0.25) is 0 Å². The van der Waals surface area contributed by atoms with E-state index in [1.165, 1.54) is 32.1 Å². The van der Waals surface area contributed by atoms with E-state index in [1.807, 2.05) is 25.7 Å². The average Bonchev–Trinajstić information content (AvgIpc) is 2.54. The fourth-order valence-corrected chi connectivity index (χ4v) is 3.50. The molecule has 2 fully saturated rings. The number of hydrogen-bond acceptors (Lipinski definition) is 4. The van der Waals surface area contributed by atoms with Crippen LogP contribution in [0.15, 0.2) is 0 Å². The van der Waals surface area contributed by atoms with Crippen molar-refractivity contribution in [2.45, 2.75) is 89.9 Å². The minimum absolute atomic E-state index is 0.186. The van der Waals surface area contributed by atoms with Gasteiger partial charge in [0.2, 0.25) is 0 Å². The fraction of sp³-hybridized carbons (Fsp3) is 0.947. The Balaban J connectivity index is 1.58. The first-order valence-corrected chi connectivity index (χ1v) is 9.77. The topological polar surface area (TPSA) is 50.8 Å². The zero-order valence-electron chi connectivity index (χ0n) is 15.8. The molecule has 1 unspecified atom stereocenters. The highest BCUT2D eigenvalue weighted by Gasteiger charge is 2.27. The second-order valence-electron chi connectivity index (χ2n) is 8.20. The summed E-state index contributed by atoms with van der Waals surface area (Å²) in [5.74, 6) is 0. The van der Waals surface area contributed by atoms with E-state index < -0.39 is 5.60 Å². The van der Waals surface area contributed by atoms with Gasteiger partial charge in [0.15, 0.2) is 0 Å². The molecule has 0 bridgehead atoms. The Labute approximate surface area is 147 Å². The first kappa shape index (κ1) is 19.5. The Hall–Kier alpha value is -0.810. The fourth-order valence-electron chi connectivity index (χ4n) is 3.50. The Morgan fingerprint density at radius 2 is 1.88 bits per heavy atom. The Morgan fingerprint density at radius 3 is 2.58 bits per heavy atom. The van der Waals surface area contributed by atoms with Gasteiger partial charge < -0.3 is 19.7 Å². The van der Waals surface area contributed by atoms with Crippen LogP contribution in [0.1, 0.15) is 72.1 Å². The lowest BCUT2D eigenvalue weighted by molar-refractivity contribution is 0.0174. The van der Waals surface area contributed by atoms with Crippen molar-refractivity contribution < 1.29 is 14.3 Å². The Kier molecular flexibility index (Phi) is 7.82. The van der Waals surface area contributed by atoms with Crippen molar-refractivity contribution in [1.29, 1.82) is 0 Å². The zero-order valence-corrected chi connectivity index (χ0v) is 15.8. The predicted molar refractivity (Wildman–Crippen MR) is 96.3 cm³/mol. The third-order valence-corrected chi connectivity index (χ3v) is 4.73. The monoisotopic (exact) mass is 340 g/mol. The molecule has 2 rings (SSSR count). The predicted octanol–water partition coefficient (Wildman–Crippen LogP) is 3.71. The van der Waals surface area contributed by atoms with Crippen LogP contribution in [0.4, 0.5) is 4.79 Å². The number of ether oxygens (including phenoxy) is 2. The smallest absolute Gasteiger partial charge is 0.410 e. The third-order valence-electron chi connectivity index (χ3n) is 4.73. The molecule has 1 saturated carbocycles. The molecule has 24 heavy (non-hydrogen) atoms. The number of hydrogen-bond donors (Lipinski definition) is 1. The first-order chi connectivity index (χ1) is 11.4. The maximum absolute atomic E-state index is 12.2. The SMILES string of the molecule is CC(C)(C)OC(=O)N1CCCC(NCCCOC2CCCCC2)C1. The average molecular weight is 341 g/mol. The van der Waals surface area contributed by atoms with Gasteiger partial charge in [0.25, 0.3) is 0 Å². The van der Waals surface area contributed by atoms with Crippen molar-refractivity contribution in [2.24, 2.45) is 0 Å². The summed E-state index contributed by atoms with van der Waals surface area (Å²) in [6.45, 7) is 9.10. The standard InChI is InChI=1S/C19H36N2O3/c1-19(2,3)24-18(22)21-13-7-9-16(15-21)20-12-8-14-23-17-10-5-4-6-11-17/h16-17,20H,4-15H2,1-3H3. The molecule has 0 aromatic rings. The molecule has 0 spiro atoms. The summed E-state index contributed by atoms with van der Waals surface area (Å²) in [5.41, 5.74) is -0.423. The summed E-state index contributed by atoms with van der Waals surface area (Å²) in [6.07, 6.45) is 10.0. The molecule has 1 heterocycles. The van der Waals surface area contributed by atoms with Gasteiger partial charge in [-0.25, -0.2) is 4.79 Å². The lowest BCUT2D eigenvalue weighted by atomic mass is 9.98. The summed E-state index contributed by atoms with van der Waals surface area (Å²) < 4.78 is 11.4. The molecule has 0 aromatic carbocycles. The summed E-state index contributed by atoms with van der Waals surface area (Å²) >= 11 is 0. The van der Waals surface area contributed by atoms with Gasteiger partial charge in [0.1, 0.15) is 5.60 Å². The summed E-state index contributed by atoms with van der Waals surface area (Å²) in [5, 5.41) is 3.58. The first-order valence-electron chi connectivity index (χ1n) is 9.77. The molecule has 2 aliphatic rings. The van der Waals surface area contributed by atoms with E-state index in [-0.39, 0.29) is 6.09 Å². The Morgan fingerprint density at radius 1 is 1.12 bits per heavy atom. The number of carbonyl (C=O) groups excluding carboxylic acids is 1. The molecular weight excluding hydrogens is 304 g/mol. The van der Waals surface area contributed by atoms with Gasteiger partial charge in [0, 0.05) is 25.7 Å². The number of carbonyl (C=O) groups is 1. The van der Waals surface area contributed by atoms with Gasteiger partial charge in [-0.3, -0.25) is 0 Å². The van der Waals surface area contributed by atoms with Gasteiger partial charge in [0.05, 0.1) is 6.10 Å². The number of likely N-dealkylation sites (tertiary alicyclic amines) is 1. The van der Waals surface area contributed by atoms with E-state index in [9.17, 15) is 4.79 Å². The molecule has 1 aliphatic heterocycles. The number of nitrogens with one attached hydrogen (secondary N) is 1. The lowest BCUT2D eigenvalue weighted by Gasteiger charge is -2.34. The van der Waals surface area contributed by atoms with E-state index in [4.69, 9.17) is 9.47 Å². The second kappa shape index (κ2) is 9.62. The molecule has 5 nitrogen and oxygen atoms in total. The molecule has 140 valence electrons. The van der Waals surface area contributed by atoms with Crippen LogP contribution in [-0.2, 0) is 9.47 Å². The van der Waals surface area contributed by atoms with Crippen LogP contribution in [-0.4, -0.2) is 55.0 Å². The number of amides is 1. The summed E-state index contributed by atoms with van der Waals surface area (Å²) in [7, 11) is 0. The zero-order chi connectivity index (χ0) is 17.4. The summed E-state index contributed by atoms with van der Waals surface area (Å²) in [6, 6.07) is 0.376. The molecule has 1 atom stereocenters. The van der Waals surface area contributed by atoms with E-state index in [1.54, 1.807) is 0 Å². The summed E-state index contributed by atoms with van der Waals surface area (Å²) in [4.78, 5) is 14.0. The van der Waals surface area contributed by atoms with Gasteiger partial charge in [-0.2, -0.15) is 0 Å². The quantitative estimate of drug-likeness (QED) is 0.749. The van der Waals surface area contributed by atoms with E-state index in [0.29, 0.717) is 12.1 Å². The molecule has 1 saturated heterocycles. The normalized spacial score (nSPS) is 23.3. The maximum Gasteiger partial charge on any atom is 0.410 e. The Bertz CT molecular complexity index is 375. The number of nitrogens with zero attached hydrogens (tertiary/aromatic N) is 1. The van der Waals surface area contributed by atoms with Crippen molar-refractivity contribution in [3.05, 3.63) is 0 Å². The minimum Gasteiger partial charge on any atom is -0.444 e. The second-order valence-corrected chi connectivity index (χ2v) is 8.20. The van der Waals surface area contributed by atoms with Crippen molar-refractivity contribution >= 4 is 6.09 Å². The van der Waals surface area contributed by atoms with Crippen molar-refractivity contribution in [2.75, 3.05) is 26.2 Å². The third kappa shape index (κ3) is 7.39. The van der Waals surface area contributed by atoms with Crippen LogP contribution in [0.25, 0.3) is 0 Å². The molecule has 5 heteroatoms. The van der Waals surface area contributed by atoms with Crippen LogP contribution >= 0.6 is 0 Å². The van der Waals surface area contributed by atoms with E-state index >= 15 is 0 Å².